The van der Waals surface area contributed by atoms with E-state index >= 15 is 0 Å². The lowest BCUT2D eigenvalue weighted by Crippen LogP contribution is -2.11. The van der Waals surface area contributed by atoms with Gasteiger partial charge in [-0.05, 0) is 43.0 Å². The van der Waals surface area contributed by atoms with Crippen LogP contribution in [0, 0.1) is 19.8 Å². The molecule has 1 aromatic carbocycles. The molecule has 0 bridgehead atoms. The van der Waals surface area contributed by atoms with Crippen LogP contribution in [0.1, 0.15) is 36.2 Å². The zero-order valence-corrected chi connectivity index (χ0v) is 10.8. The number of hydrogen-bond donors (Lipinski definition) is 0. The highest BCUT2D eigenvalue weighted by atomic mass is 16.2. The molecule has 0 unspecified atom stereocenters. The Kier molecular flexibility index (Phi) is 3.01. The van der Waals surface area contributed by atoms with Crippen molar-refractivity contribution in [2.24, 2.45) is 5.92 Å². The van der Waals surface area contributed by atoms with Crippen molar-refractivity contribution in [1.82, 2.24) is 9.55 Å². The van der Waals surface area contributed by atoms with Crippen molar-refractivity contribution in [3.8, 4) is 0 Å². The third kappa shape index (κ3) is 2.23. The van der Waals surface area contributed by atoms with Gasteiger partial charge in [-0.3, -0.25) is 9.36 Å². The molecule has 0 radical (unpaired) electrons. The Morgan fingerprint density at radius 3 is 2.59 bits per heavy atom. The molecule has 0 aliphatic rings. The molecule has 0 amide bonds. The predicted molar refractivity (Wildman–Crippen MR) is 69.3 cm³/mol. The van der Waals surface area contributed by atoms with Crippen LogP contribution in [-0.2, 0) is 0 Å². The molecular weight excluding hydrogens is 212 g/mol. The number of nitrogens with zero attached hydrogens (tertiary/aromatic N) is 2. The maximum absolute atomic E-state index is 12.0. The Labute approximate surface area is 101 Å². The lowest BCUT2D eigenvalue weighted by molar-refractivity contribution is 0.0891. The van der Waals surface area contributed by atoms with Crippen LogP contribution < -0.4 is 0 Å². The minimum atomic E-state index is 0.116. The van der Waals surface area contributed by atoms with Gasteiger partial charge in [0.25, 0.3) is 0 Å². The molecule has 90 valence electrons. The number of aromatic nitrogens is 2. The van der Waals surface area contributed by atoms with E-state index in [1.807, 2.05) is 26.0 Å². The Morgan fingerprint density at radius 2 is 1.94 bits per heavy atom. The quantitative estimate of drug-likeness (QED) is 0.793. The second-order valence-electron chi connectivity index (χ2n) is 5.03. The fourth-order valence-corrected chi connectivity index (χ4v) is 1.91. The number of imidazole rings is 1. The van der Waals surface area contributed by atoms with Crippen LogP contribution in [0.15, 0.2) is 18.5 Å². The minimum absolute atomic E-state index is 0.116. The minimum Gasteiger partial charge on any atom is -0.274 e. The third-order valence-corrected chi connectivity index (χ3v) is 3.01. The number of carbonyl (C=O) groups excluding carboxylic acids is 1. The second kappa shape index (κ2) is 4.32. The number of fused-ring (bicyclic) bond motifs is 1. The van der Waals surface area contributed by atoms with Gasteiger partial charge in [0.15, 0.2) is 0 Å². The maximum atomic E-state index is 12.0. The van der Waals surface area contributed by atoms with Crippen molar-refractivity contribution in [3.63, 3.8) is 0 Å². The summed E-state index contributed by atoms with van der Waals surface area (Å²) in [5, 5.41) is 0. The average molecular weight is 230 g/mol. The van der Waals surface area contributed by atoms with Gasteiger partial charge in [-0.2, -0.15) is 0 Å². The highest BCUT2D eigenvalue weighted by Gasteiger charge is 2.12. The zero-order valence-electron chi connectivity index (χ0n) is 10.8. The van der Waals surface area contributed by atoms with Crippen molar-refractivity contribution in [2.75, 3.05) is 0 Å². The van der Waals surface area contributed by atoms with Gasteiger partial charge < -0.3 is 0 Å². The van der Waals surface area contributed by atoms with Gasteiger partial charge in [0, 0.05) is 6.42 Å². The van der Waals surface area contributed by atoms with E-state index in [1.165, 1.54) is 11.1 Å². The highest BCUT2D eigenvalue weighted by Crippen LogP contribution is 2.19. The van der Waals surface area contributed by atoms with Crippen molar-refractivity contribution < 1.29 is 4.79 Å². The fraction of sp³-hybridized carbons (Fsp3) is 0.429. The van der Waals surface area contributed by atoms with Gasteiger partial charge in [-0.15, -0.1) is 0 Å². The third-order valence-electron chi connectivity index (χ3n) is 3.01. The molecule has 17 heavy (non-hydrogen) atoms. The van der Waals surface area contributed by atoms with Crippen molar-refractivity contribution in [3.05, 3.63) is 29.6 Å². The normalized spacial score (nSPS) is 11.4. The summed E-state index contributed by atoms with van der Waals surface area (Å²) >= 11 is 0. The SMILES string of the molecule is Cc1cc2ncn(C(=O)CC(C)C)c2cc1C. The summed E-state index contributed by atoms with van der Waals surface area (Å²) < 4.78 is 1.67. The van der Waals surface area contributed by atoms with Gasteiger partial charge in [0.05, 0.1) is 11.0 Å². The van der Waals surface area contributed by atoms with E-state index in [-0.39, 0.29) is 5.91 Å². The molecule has 3 nitrogen and oxygen atoms in total. The molecule has 0 aliphatic heterocycles. The number of aryl methyl sites for hydroxylation is 2. The summed E-state index contributed by atoms with van der Waals surface area (Å²) in [4.78, 5) is 16.3. The molecule has 0 aliphatic carbocycles. The predicted octanol–water partition coefficient (Wildman–Crippen LogP) is 3.34. The molecule has 0 atom stereocenters. The molecule has 0 fully saturated rings. The summed E-state index contributed by atoms with van der Waals surface area (Å²) in [5.74, 6) is 0.484. The largest absolute Gasteiger partial charge is 0.274 e. The molecule has 0 spiro atoms. The summed E-state index contributed by atoms with van der Waals surface area (Å²) in [5.41, 5.74) is 4.21. The Morgan fingerprint density at radius 1 is 1.29 bits per heavy atom. The van der Waals surface area contributed by atoms with E-state index in [4.69, 9.17) is 0 Å². The molecule has 0 saturated heterocycles. The smallest absolute Gasteiger partial charge is 0.232 e. The molecular formula is C14H18N2O. The molecule has 3 heteroatoms. The molecule has 2 rings (SSSR count). The zero-order chi connectivity index (χ0) is 12.6. The Hall–Kier alpha value is -1.64. The Bertz CT molecular complexity index is 567. The van der Waals surface area contributed by atoms with Crippen LogP contribution in [-0.4, -0.2) is 15.5 Å². The van der Waals surface area contributed by atoms with E-state index in [1.54, 1.807) is 10.9 Å². The van der Waals surface area contributed by atoms with Crippen LogP contribution in [0.3, 0.4) is 0 Å². The van der Waals surface area contributed by atoms with Gasteiger partial charge in [0.1, 0.15) is 6.33 Å². The van der Waals surface area contributed by atoms with Crippen molar-refractivity contribution in [2.45, 2.75) is 34.1 Å². The first kappa shape index (κ1) is 11.8. The fourth-order valence-electron chi connectivity index (χ4n) is 1.91. The lowest BCUT2D eigenvalue weighted by Gasteiger charge is -2.06. The summed E-state index contributed by atoms with van der Waals surface area (Å²) in [6.07, 6.45) is 2.19. The lowest BCUT2D eigenvalue weighted by atomic mass is 10.1. The second-order valence-corrected chi connectivity index (χ2v) is 5.03. The topological polar surface area (TPSA) is 34.9 Å². The number of rotatable bonds is 2. The molecule has 0 saturated carbocycles. The first-order valence-corrected chi connectivity index (χ1v) is 5.96. The monoisotopic (exact) mass is 230 g/mol. The van der Waals surface area contributed by atoms with Crippen LogP contribution >= 0.6 is 0 Å². The highest BCUT2D eigenvalue weighted by molar-refractivity contribution is 5.90. The first-order chi connectivity index (χ1) is 7.99. The van der Waals surface area contributed by atoms with Crippen LogP contribution in [0.25, 0.3) is 11.0 Å². The van der Waals surface area contributed by atoms with E-state index in [9.17, 15) is 4.79 Å². The Balaban J connectivity index is 2.49. The summed E-state index contributed by atoms with van der Waals surface area (Å²) in [6.45, 7) is 8.21. The maximum Gasteiger partial charge on any atom is 0.232 e. The van der Waals surface area contributed by atoms with Gasteiger partial charge in [-0.25, -0.2) is 4.98 Å². The molecule has 1 aromatic heterocycles. The number of benzene rings is 1. The first-order valence-electron chi connectivity index (χ1n) is 5.96. The summed E-state index contributed by atoms with van der Waals surface area (Å²) in [6, 6.07) is 4.07. The van der Waals surface area contributed by atoms with E-state index in [0.717, 1.165) is 11.0 Å². The van der Waals surface area contributed by atoms with Gasteiger partial charge in [0.2, 0.25) is 5.91 Å². The van der Waals surface area contributed by atoms with E-state index in [0.29, 0.717) is 12.3 Å². The van der Waals surface area contributed by atoms with Crippen molar-refractivity contribution >= 4 is 16.9 Å². The standard InChI is InChI=1S/C14H18N2O/c1-9(2)5-14(17)16-8-15-12-6-10(3)11(4)7-13(12)16/h6-9H,5H2,1-4H3. The average Bonchev–Trinajstić information content (AvgIpc) is 2.60. The van der Waals surface area contributed by atoms with Gasteiger partial charge >= 0.3 is 0 Å². The van der Waals surface area contributed by atoms with Crippen LogP contribution in [0.2, 0.25) is 0 Å². The van der Waals surface area contributed by atoms with E-state index in [2.05, 4.69) is 18.8 Å². The molecule has 0 N–H and O–H groups in total. The van der Waals surface area contributed by atoms with Gasteiger partial charge in [-0.1, -0.05) is 13.8 Å². The van der Waals surface area contributed by atoms with E-state index < -0.39 is 0 Å². The number of carbonyl (C=O) groups is 1. The number of hydrogen-bond acceptors (Lipinski definition) is 2. The van der Waals surface area contributed by atoms with Crippen LogP contribution in [0.4, 0.5) is 0 Å². The van der Waals surface area contributed by atoms with Crippen molar-refractivity contribution in [1.29, 1.82) is 0 Å². The molecule has 2 aromatic rings. The molecule has 1 heterocycles. The summed E-state index contributed by atoms with van der Waals surface area (Å²) in [7, 11) is 0. The van der Waals surface area contributed by atoms with Crippen LogP contribution in [0.5, 0.6) is 0 Å².